The second-order valence-electron chi connectivity index (χ2n) is 8.15. The van der Waals surface area contributed by atoms with Gasteiger partial charge in [0.05, 0.1) is 18.0 Å². The summed E-state index contributed by atoms with van der Waals surface area (Å²) in [7, 11) is 0. The molecule has 0 saturated heterocycles. The highest BCUT2D eigenvalue weighted by atomic mass is 16.5. The number of rotatable bonds is 10. The predicted molar refractivity (Wildman–Crippen MR) is 136 cm³/mol. The molecule has 0 fully saturated rings. The Labute approximate surface area is 201 Å². The Balaban J connectivity index is 1.73. The van der Waals surface area contributed by atoms with Gasteiger partial charge in [0.25, 0.3) is 0 Å². The number of esters is 1. The first kappa shape index (κ1) is 26.5. The highest BCUT2D eigenvalue weighted by Gasteiger charge is 2.06. The number of nitrogens with one attached hydrogen (secondary N) is 1. The van der Waals surface area contributed by atoms with E-state index in [1.807, 2.05) is 26.8 Å². The monoisotopic (exact) mass is 463 g/mol. The van der Waals surface area contributed by atoms with E-state index in [-0.39, 0.29) is 31.4 Å². The Bertz CT molecular complexity index is 1120. The van der Waals surface area contributed by atoms with Gasteiger partial charge in [-0.2, -0.15) is 0 Å². The van der Waals surface area contributed by atoms with Crippen LogP contribution in [0.3, 0.4) is 0 Å². The molecule has 0 saturated carbocycles. The summed E-state index contributed by atoms with van der Waals surface area (Å²) < 4.78 is 5.16. The normalized spacial score (nSPS) is 12.1. The molecule has 0 aliphatic carbocycles. The maximum atomic E-state index is 12.1. The van der Waals surface area contributed by atoms with Crippen LogP contribution >= 0.6 is 0 Å². The number of carbonyl (C=O) groups excluding carboxylic acids is 2. The molecule has 7 nitrogen and oxygen atoms in total. The average molecular weight is 464 g/mol. The number of ether oxygens (including phenoxy) is 1. The van der Waals surface area contributed by atoms with Crippen LogP contribution in [0, 0.1) is 20.8 Å². The van der Waals surface area contributed by atoms with Crippen molar-refractivity contribution < 1.29 is 19.4 Å². The number of amides is 1. The first-order valence-corrected chi connectivity index (χ1v) is 11.2. The van der Waals surface area contributed by atoms with Crippen molar-refractivity contribution >= 4 is 29.5 Å². The number of phenols is 1. The molecule has 0 aromatic heterocycles. The third-order valence-corrected chi connectivity index (χ3v) is 5.23. The highest BCUT2D eigenvalue weighted by molar-refractivity contribution is 6.30. The average Bonchev–Trinajstić information content (AvgIpc) is 2.79. The van der Waals surface area contributed by atoms with Gasteiger partial charge in [-0.3, -0.25) is 19.6 Å². The standard InChI is InChI=1S/C27H33N3O4/c1-18(27(33)29-16-23-10-6-7-11-25(23)31)9-8-12-34-26(32)17-28-15-22(5)30-24-14-20(3)19(2)13-21(24)4/h6-7,9-11,13-15,31H,8,12,16-17H2,1-5H3,(H,29,33). The molecule has 2 N–H and O–H groups in total. The molecular weight excluding hydrogens is 430 g/mol. The van der Waals surface area contributed by atoms with Gasteiger partial charge in [-0.15, -0.1) is 0 Å². The summed E-state index contributed by atoms with van der Waals surface area (Å²) in [5, 5.41) is 12.5. The Hall–Kier alpha value is -3.74. The van der Waals surface area contributed by atoms with Gasteiger partial charge in [0.2, 0.25) is 5.91 Å². The molecule has 0 spiro atoms. The Morgan fingerprint density at radius 2 is 1.76 bits per heavy atom. The number of aryl methyl sites for hydroxylation is 3. The number of benzene rings is 2. The number of phenolic OH excluding ortho intramolecular Hbond substituents is 1. The first-order chi connectivity index (χ1) is 16.2. The maximum absolute atomic E-state index is 12.1. The van der Waals surface area contributed by atoms with Crippen molar-refractivity contribution in [2.45, 2.75) is 47.6 Å². The molecule has 0 heterocycles. The molecule has 0 unspecified atom stereocenters. The van der Waals surface area contributed by atoms with Crippen LogP contribution in [0.4, 0.5) is 5.69 Å². The maximum Gasteiger partial charge on any atom is 0.327 e. The van der Waals surface area contributed by atoms with Gasteiger partial charge >= 0.3 is 5.97 Å². The Kier molecular flexibility index (Phi) is 10.2. The zero-order chi connectivity index (χ0) is 25.1. The lowest BCUT2D eigenvalue weighted by Gasteiger charge is -2.07. The highest BCUT2D eigenvalue weighted by Crippen LogP contribution is 2.23. The van der Waals surface area contributed by atoms with E-state index in [1.54, 1.807) is 43.5 Å². The molecule has 34 heavy (non-hydrogen) atoms. The molecule has 180 valence electrons. The molecule has 1 amide bonds. The van der Waals surface area contributed by atoms with Crippen molar-refractivity contribution in [2.24, 2.45) is 9.98 Å². The molecule has 2 aromatic carbocycles. The second kappa shape index (κ2) is 13.1. The third-order valence-electron chi connectivity index (χ3n) is 5.23. The lowest BCUT2D eigenvalue weighted by atomic mass is 10.1. The minimum absolute atomic E-state index is 0.0947. The van der Waals surface area contributed by atoms with Crippen molar-refractivity contribution in [3.8, 4) is 5.75 Å². The van der Waals surface area contributed by atoms with Gasteiger partial charge in [-0.1, -0.05) is 30.3 Å². The fraction of sp³-hybridized carbons (Fsp3) is 0.333. The van der Waals surface area contributed by atoms with Crippen molar-refractivity contribution in [2.75, 3.05) is 13.2 Å². The van der Waals surface area contributed by atoms with Crippen LogP contribution in [0.25, 0.3) is 0 Å². The van der Waals surface area contributed by atoms with E-state index in [2.05, 4.69) is 28.3 Å². The van der Waals surface area contributed by atoms with Crippen LogP contribution in [0.5, 0.6) is 5.75 Å². The molecular formula is C27H33N3O4. The van der Waals surface area contributed by atoms with Crippen LogP contribution in [0.15, 0.2) is 58.0 Å². The molecule has 2 rings (SSSR count). The number of carbonyl (C=O) groups is 2. The van der Waals surface area contributed by atoms with E-state index < -0.39 is 5.97 Å². The third kappa shape index (κ3) is 8.65. The number of aliphatic imine (C=N–C) groups is 2. The van der Waals surface area contributed by atoms with Gasteiger partial charge < -0.3 is 15.2 Å². The summed E-state index contributed by atoms with van der Waals surface area (Å²) in [6.45, 7) is 9.95. The molecule has 0 aliphatic heterocycles. The summed E-state index contributed by atoms with van der Waals surface area (Å²) in [6, 6.07) is 11.0. The fourth-order valence-electron chi connectivity index (χ4n) is 3.10. The predicted octanol–water partition coefficient (Wildman–Crippen LogP) is 4.68. The lowest BCUT2D eigenvalue weighted by Crippen LogP contribution is -2.23. The molecule has 0 atom stereocenters. The fourth-order valence-corrected chi connectivity index (χ4v) is 3.10. The van der Waals surface area contributed by atoms with Crippen LogP contribution in [-0.2, 0) is 20.9 Å². The van der Waals surface area contributed by atoms with Crippen molar-refractivity contribution in [3.63, 3.8) is 0 Å². The van der Waals surface area contributed by atoms with Crippen LogP contribution in [-0.4, -0.2) is 42.1 Å². The Morgan fingerprint density at radius 3 is 2.50 bits per heavy atom. The second-order valence-corrected chi connectivity index (χ2v) is 8.15. The van der Waals surface area contributed by atoms with E-state index in [1.165, 1.54) is 11.1 Å². The molecule has 0 bridgehead atoms. The SMILES string of the molecule is CC(=CCCOC(=O)CN=CC(C)=Nc1cc(C)c(C)cc1C)C(=O)NCc1ccccc1O. The van der Waals surface area contributed by atoms with E-state index in [9.17, 15) is 14.7 Å². The molecule has 0 aliphatic rings. The number of hydrogen-bond donors (Lipinski definition) is 2. The van der Waals surface area contributed by atoms with Crippen LogP contribution in [0.2, 0.25) is 0 Å². The van der Waals surface area contributed by atoms with Crippen molar-refractivity contribution in [1.82, 2.24) is 5.32 Å². The molecule has 2 aromatic rings. The number of hydrogen-bond acceptors (Lipinski definition) is 6. The number of aromatic hydroxyl groups is 1. The topological polar surface area (TPSA) is 100 Å². The smallest absolute Gasteiger partial charge is 0.327 e. The summed E-state index contributed by atoms with van der Waals surface area (Å²) in [4.78, 5) is 32.7. The minimum Gasteiger partial charge on any atom is -0.508 e. The summed E-state index contributed by atoms with van der Waals surface area (Å²) in [6.07, 6.45) is 3.69. The summed E-state index contributed by atoms with van der Waals surface area (Å²) in [5.41, 5.74) is 6.23. The number of para-hydroxylation sites is 1. The first-order valence-electron chi connectivity index (χ1n) is 11.2. The zero-order valence-electron chi connectivity index (χ0n) is 20.5. The summed E-state index contributed by atoms with van der Waals surface area (Å²) >= 11 is 0. The zero-order valence-corrected chi connectivity index (χ0v) is 20.5. The lowest BCUT2D eigenvalue weighted by molar-refractivity contribution is -0.141. The summed E-state index contributed by atoms with van der Waals surface area (Å²) in [5.74, 6) is -0.546. The van der Waals surface area contributed by atoms with E-state index in [0.29, 0.717) is 23.3 Å². The van der Waals surface area contributed by atoms with Crippen LogP contribution in [0.1, 0.15) is 42.5 Å². The number of nitrogens with zero attached hydrogens (tertiary/aromatic N) is 2. The van der Waals surface area contributed by atoms with Gasteiger partial charge in [0.15, 0.2) is 0 Å². The molecule has 7 heteroatoms. The van der Waals surface area contributed by atoms with Gasteiger partial charge in [-0.25, -0.2) is 0 Å². The van der Waals surface area contributed by atoms with Gasteiger partial charge in [-0.05, 0) is 63.4 Å². The van der Waals surface area contributed by atoms with E-state index in [4.69, 9.17) is 4.74 Å². The van der Waals surface area contributed by atoms with Gasteiger partial charge in [0.1, 0.15) is 12.3 Å². The largest absolute Gasteiger partial charge is 0.508 e. The van der Waals surface area contributed by atoms with E-state index in [0.717, 1.165) is 11.3 Å². The van der Waals surface area contributed by atoms with Crippen molar-refractivity contribution in [1.29, 1.82) is 0 Å². The minimum atomic E-state index is -0.443. The molecule has 0 radical (unpaired) electrons. The van der Waals surface area contributed by atoms with Crippen molar-refractivity contribution in [3.05, 3.63) is 70.3 Å². The Morgan fingerprint density at radius 1 is 1.06 bits per heavy atom. The quantitative estimate of drug-likeness (QED) is 0.231. The van der Waals surface area contributed by atoms with E-state index >= 15 is 0 Å². The van der Waals surface area contributed by atoms with Crippen LogP contribution < -0.4 is 5.32 Å². The van der Waals surface area contributed by atoms with Gasteiger partial charge in [0, 0.05) is 30.3 Å².